The lowest BCUT2D eigenvalue weighted by Crippen LogP contribution is -2.12. The van der Waals surface area contributed by atoms with E-state index in [0.29, 0.717) is 17.8 Å². The maximum Gasteiger partial charge on any atom is 0.417 e. The number of aromatic nitrogens is 1. The van der Waals surface area contributed by atoms with Crippen LogP contribution in [0.15, 0.2) is 54.7 Å². The molecule has 0 radical (unpaired) electrons. The number of alkyl halides is 6. The largest absolute Gasteiger partial charge is 0.417 e. The summed E-state index contributed by atoms with van der Waals surface area (Å²) in [5.74, 6) is -0.720. The molecule has 3 nitrogen and oxygen atoms in total. The lowest BCUT2D eigenvalue weighted by atomic mass is 10.0. The van der Waals surface area contributed by atoms with E-state index < -0.39 is 35.0 Å². The maximum absolute atomic E-state index is 13.1. The number of rotatable bonds is 3. The van der Waals surface area contributed by atoms with E-state index in [0.717, 1.165) is 23.1 Å². The minimum absolute atomic E-state index is 0.0252. The van der Waals surface area contributed by atoms with Crippen LogP contribution in [0.4, 0.5) is 32.0 Å². The molecule has 0 saturated carbocycles. The molecular formula is C19H12F6N2O. The summed E-state index contributed by atoms with van der Waals surface area (Å²) in [4.78, 5) is 14.9. The highest BCUT2D eigenvalue weighted by molar-refractivity contribution is 6.03. The van der Waals surface area contributed by atoms with Crippen molar-refractivity contribution in [2.75, 3.05) is 5.32 Å². The fourth-order valence-corrected chi connectivity index (χ4v) is 2.60. The van der Waals surface area contributed by atoms with Gasteiger partial charge in [0.1, 0.15) is 0 Å². The third-order valence-corrected chi connectivity index (χ3v) is 3.92. The van der Waals surface area contributed by atoms with Gasteiger partial charge in [0, 0.05) is 28.9 Å². The number of aromatic amines is 1. The molecule has 0 aliphatic heterocycles. The SMILES string of the molecule is O=C(C=Cc1ccc(C(F)(F)F)cc1C(F)(F)F)Nc1ccc2[nH]ccc2c1. The monoisotopic (exact) mass is 398 g/mol. The predicted octanol–water partition coefficient (Wildman–Crippen LogP) is 5.86. The van der Waals surface area contributed by atoms with E-state index >= 15 is 0 Å². The van der Waals surface area contributed by atoms with Gasteiger partial charge >= 0.3 is 12.4 Å². The van der Waals surface area contributed by atoms with E-state index in [1.165, 1.54) is 0 Å². The zero-order chi connectivity index (χ0) is 20.5. The Kier molecular flexibility index (Phi) is 4.93. The molecule has 0 fully saturated rings. The molecule has 3 aromatic rings. The molecule has 0 unspecified atom stereocenters. The van der Waals surface area contributed by atoms with Crippen LogP contribution in [-0.4, -0.2) is 10.9 Å². The van der Waals surface area contributed by atoms with Gasteiger partial charge in [-0.15, -0.1) is 0 Å². The minimum Gasteiger partial charge on any atom is -0.361 e. The Labute approximate surface area is 154 Å². The fraction of sp³-hybridized carbons (Fsp3) is 0.105. The van der Waals surface area contributed by atoms with Crippen LogP contribution in [0.3, 0.4) is 0 Å². The van der Waals surface area contributed by atoms with E-state index in [-0.39, 0.29) is 6.07 Å². The van der Waals surface area contributed by atoms with Crippen LogP contribution < -0.4 is 5.32 Å². The zero-order valence-corrected chi connectivity index (χ0v) is 13.9. The molecule has 1 aromatic heterocycles. The zero-order valence-electron chi connectivity index (χ0n) is 13.9. The molecule has 1 amide bonds. The molecule has 0 saturated heterocycles. The van der Waals surface area contributed by atoms with Crippen LogP contribution in [-0.2, 0) is 17.1 Å². The summed E-state index contributed by atoms with van der Waals surface area (Å²) in [5.41, 5.74) is -2.17. The Morgan fingerprint density at radius 2 is 1.68 bits per heavy atom. The molecule has 0 aliphatic carbocycles. The highest BCUT2D eigenvalue weighted by atomic mass is 19.4. The van der Waals surface area contributed by atoms with Gasteiger partial charge < -0.3 is 10.3 Å². The first-order chi connectivity index (χ1) is 13.0. The average Bonchev–Trinajstić information content (AvgIpc) is 3.06. The molecule has 28 heavy (non-hydrogen) atoms. The van der Waals surface area contributed by atoms with Gasteiger partial charge in [0.15, 0.2) is 0 Å². The number of carbonyl (C=O) groups is 1. The quantitative estimate of drug-likeness (QED) is 0.421. The lowest BCUT2D eigenvalue weighted by Gasteiger charge is -2.14. The van der Waals surface area contributed by atoms with Crippen LogP contribution in [0.5, 0.6) is 0 Å². The molecule has 9 heteroatoms. The normalized spacial score (nSPS) is 12.6. The van der Waals surface area contributed by atoms with Crippen LogP contribution in [0.2, 0.25) is 0 Å². The van der Waals surface area contributed by atoms with Gasteiger partial charge in [0.05, 0.1) is 11.1 Å². The second kappa shape index (κ2) is 7.06. The van der Waals surface area contributed by atoms with Gasteiger partial charge in [0.2, 0.25) is 5.91 Å². The summed E-state index contributed by atoms with van der Waals surface area (Å²) < 4.78 is 77.3. The molecule has 0 atom stereocenters. The van der Waals surface area contributed by atoms with Crippen molar-refractivity contribution < 1.29 is 31.1 Å². The Morgan fingerprint density at radius 1 is 0.929 bits per heavy atom. The first-order valence-electron chi connectivity index (χ1n) is 7.89. The molecule has 0 bridgehead atoms. The van der Waals surface area contributed by atoms with Crippen LogP contribution in [0.25, 0.3) is 17.0 Å². The maximum atomic E-state index is 13.1. The van der Waals surface area contributed by atoms with Crippen molar-refractivity contribution in [1.29, 1.82) is 0 Å². The van der Waals surface area contributed by atoms with Gasteiger partial charge in [-0.1, -0.05) is 6.07 Å². The number of halogens is 6. The highest BCUT2D eigenvalue weighted by Crippen LogP contribution is 2.37. The number of fused-ring (bicyclic) bond motifs is 1. The summed E-state index contributed by atoms with van der Waals surface area (Å²) in [7, 11) is 0. The molecule has 0 aliphatic rings. The van der Waals surface area contributed by atoms with Crippen molar-refractivity contribution in [2.45, 2.75) is 12.4 Å². The Morgan fingerprint density at radius 3 is 2.36 bits per heavy atom. The van der Waals surface area contributed by atoms with Crippen LogP contribution >= 0.6 is 0 Å². The highest BCUT2D eigenvalue weighted by Gasteiger charge is 2.37. The van der Waals surface area contributed by atoms with Crippen molar-refractivity contribution in [1.82, 2.24) is 4.98 Å². The van der Waals surface area contributed by atoms with Gasteiger partial charge in [-0.25, -0.2) is 0 Å². The Hall–Kier alpha value is -3.23. The lowest BCUT2D eigenvalue weighted by molar-refractivity contribution is -0.143. The number of hydrogen-bond donors (Lipinski definition) is 2. The first-order valence-corrected chi connectivity index (χ1v) is 7.89. The molecule has 2 aromatic carbocycles. The second-order valence-electron chi connectivity index (χ2n) is 5.90. The number of carbonyl (C=O) groups excluding carboxylic acids is 1. The van der Waals surface area contributed by atoms with Gasteiger partial charge in [-0.05, 0) is 48.0 Å². The number of H-pyrrole nitrogens is 1. The molecule has 3 rings (SSSR count). The summed E-state index contributed by atoms with van der Waals surface area (Å²) in [6, 6.07) is 8.00. The summed E-state index contributed by atoms with van der Waals surface area (Å²) in [6.45, 7) is 0. The third-order valence-electron chi connectivity index (χ3n) is 3.92. The third kappa shape index (κ3) is 4.36. The molecule has 1 heterocycles. The predicted molar refractivity (Wildman–Crippen MR) is 92.4 cm³/mol. The molecule has 146 valence electrons. The van der Waals surface area contributed by atoms with E-state index in [2.05, 4.69) is 10.3 Å². The van der Waals surface area contributed by atoms with Crippen molar-refractivity contribution in [3.8, 4) is 0 Å². The van der Waals surface area contributed by atoms with Gasteiger partial charge in [-0.3, -0.25) is 4.79 Å². The summed E-state index contributed by atoms with van der Waals surface area (Å²) in [5, 5.41) is 3.31. The molecular weight excluding hydrogens is 386 g/mol. The first kappa shape index (κ1) is 19.5. The van der Waals surface area contributed by atoms with Crippen molar-refractivity contribution in [2.24, 2.45) is 0 Å². The standard InChI is InChI=1S/C19H12F6N2O/c20-18(21,22)13-3-1-11(15(10-13)19(23,24)25)2-6-17(28)27-14-4-5-16-12(9-14)7-8-26-16/h1-10,26H,(H,27,28). The topological polar surface area (TPSA) is 44.9 Å². The van der Waals surface area contributed by atoms with E-state index in [4.69, 9.17) is 0 Å². The van der Waals surface area contributed by atoms with Crippen LogP contribution in [0.1, 0.15) is 16.7 Å². The summed E-state index contributed by atoms with van der Waals surface area (Å²) >= 11 is 0. The van der Waals surface area contributed by atoms with E-state index in [9.17, 15) is 31.1 Å². The average molecular weight is 398 g/mol. The van der Waals surface area contributed by atoms with Crippen molar-refractivity contribution >= 4 is 28.6 Å². The smallest absolute Gasteiger partial charge is 0.361 e. The minimum atomic E-state index is -5.00. The number of hydrogen-bond acceptors (Lipinski definition) is 1. The Balaban J connectivity index is 1.83. The number of nitrogens with one attached hydrogen (secondary N) is 2. The van der Waals surface area contributed by atoms with Gasteiger partial charge in [-0.2, -0.15) is 26.3 Å². The fourth-order valence-electron chi connectivity index (χ4n) is 2.60. The second-order valence-corrected chi connectivity index (χ2v) is 5.90. The Bertz CT molecular complexity index is 1050. The van der Waals surface area contributed by atoms with Gasteiger partial charge in [0.25, 0.3) is 0 Å². The van der Waals surface area contributed by atoms with Crippen LogP contribution in [0, 0.1) is 0 Å². The van der Waals surface area contributed by atoms with E-state index in [1.54, 1.807) is 30.5 Å². The van der Waals surface area contributed by atoms with E-state index in [1.807, 2.05) is 0 Å². The molecule has 0 spiro atoms. The number of amides is 1. The number of anilines is 1. The van der Waals surface area contributed by atoms with Crippen molar-refractivity contribution in [3.05, 3.63) is 71.4 Å². The van der Waals surface area contributed by atoms with Crippen molar-refractivity contribution in [3.63, 3.8) is 0 Å². The summed E-state index contributed by atoms with van der Waals surface area (Å²) in [6.07, 6.45) is -6.54. The molecule has 2 N–H and O–H groups in total. The number of benzene rings is 2.